The quantitative estimate of drug-likeness (QED) is 0.707. The first-order chi connectivity index (χ1) is 12.7. The summed E-state index contributed by atoms with van der Waals surface area (Å²) in [6.07, 6.45) is 1.01. The van der Waals surface area contributed by atoms with Crippen LogP contribution >= 0.6 is 0 Å². The van der Waals surface area contributed by atoms with Gasteiger partial charge in [0.15, 0.2) is 5.76 Å². The number of hydrazine groups is 1. The van der Waals surface area contributed by atoms with Crippen LogP contribution in [0.3, 0.4) is 0 Å². The fourth-order valence-corrected chi connectivity index (χ4v) is 2.94. The molecule has 0 saturated carbocycles. The van der Waals surface area contributed by atoms with Gasteiger partial charge in [0.1, 0.15) is 11.6 Å². The van der Waals surface area contributed by atoms with Crippen molar-refractivity contribution in [2.75, 3.05) is 6.61 Å². The Kier molecular flexibility index (Phi) is 4.37. The molecule has 0 aliphatic carbocycles. The fraction of sp³-hybridized carbons (Fsp3) is 0.211. The summed E-state index contributed by atoms with van der Waals surface area (Å²) in [5.41, 5.74) is 6.76. The molecule has 1 aliphatic heterocycles. The van der Waals surface area contributed by atoms with Crippen LogP contribution in [0.5, 0.6) is 0 Å². The molecule has 2 aromatic carbocycles. The lowest BCUT2D eigenvalue weighted by Gasteiger charge is -2.11. The summed E-state index contributed by atoms with van der Waals surface area (Å²) in [7, 11) is 0. The monoisotopic (exact) mass is 351 g/mol. The van der Waals surface area contributed by atoms with Crippen LogP contribution in [0, 0.1) is 0 Å². The number of amides is 2. The average Bonchev–Trinajstić information content (AvgIpc) is 3.36. The maximum Gasteiger partial charge on any atom is 0.269 e. The van der Waals surface area contributed by atoms with Gasteiger partial charge in [0.05, 0.1) is 5.39 Å². The molecular weight excluding hydrogens is 334 g/mol. The van der Waals surface area contributed by atoms with Gasteiger partial charge in [-0.1, -0.05) is 35.5 Å². The maximum atomic E-state index is 12.4. The van der Waals surface area contributed by atoms with Crippen molar-refractivity contribution in [1.82, 2.24) is 16.0 Å². The van der Waals surface area contributed by atoms with E-state index >= 15 is 0 Å². The molecule has 2 heterocycles. The van der Waals surface area contributed by atoms with Crippen LogP contribution in [-0.2, 0) is 9.53 Å². The largest absolute Gasteiger partial charge is 0.368 e. The number of carbonyl (C=O) groups is 2. The Morgan fingerprint density at radius 3 is 2.69 bits per heavy atom. The Balaban J connectivity index is 1.53. The van der Waals surface area contributed by atoms with E-state index in [1.165, 1.54) is 0 Å². The number of ether oxygens (including phenoxy) is 1. The minimum absolute atomic E-state index is 0.341. The zero-order valence-corrected chi connectivity index (χ0v) is 13.9. The Hall–Kier alpha value is -3.19. The van der Waals surface area contributed by atoms with Gasteiger partial charge in [-0.05, 0) is 31.0 Å². The smallest absolute Gasteiger partial charge is 0.269 e. The molecule has 1 atom stereocenters. The lowest BCUT2D eigenvalue weighted by atomic mass is 10.1. The second-order valence-corrected chi connectivity index (χ2v) is 6.05. The highest BCUT2D eigenvalue weighted by Gasteiger charge is 2.24. The van der Waals surface area contributed by atoms with Gasteiger partial charge in [0.2, 0.25) is 0 Å². The predicted octanol–water partition coefficient (Wildman–Crippen LogP) is 2.43. The van der Waals surface area contributed by atoms with E-state index in [-0.39, 0.29) is 5.91 Å². The van der Waals surface area contributed by atoms with Gasteiger partial charge < -0.3 is 9.26 Å². The van der Waals surface area contributed by atoms with Gasteiger partial charge in [0, 0.05) is 17.7 Å². The van der Waals surface area contributed by atoms with Crippen molar-refractivity contribution >= 4 is 22.7 Å². The Morgan fingerprint density at radius 1 is 1.08 bits per heavy atom. The Labute approximate surface area is 149 Å². The standard InChI is InChI=1S/C19H17N3O4/c23-18(20-21-19(24)16-7-4-10-25-16)13-8-9-15-14(11-13)17(26-22-15)12-5-2-1-3-6-12/h1-3,5-6,8-9,11,16H,4,7,10H2,(H,20,23)(H,21,24)/t16-/m0/s1. The third-order valence-corrected chi connectivity index (χ3v) is 4.30. The molecule has 2 amide bonds. The van der Waals surface area contributed by atoms with Crippen LogP contribution in [-0.4, -0.2) is 29.7 Å². The van der Waals surface area contributed by atoms with Crippen LogP contribution in [0.15, 0.2) is 53.1 Å². The maximum absolute atomic E-state index is 12.4. The molecule has 0 radical (unpaired) electrons. The number of hydrogen-bond acceptors (Lipinski definition) is 5. The number of rotatable bonds is 3. The van der Waals surface area contributed by atoms with Crippen LogP contribution in [0.1, 0.15) is 23.2 Å². The van der Waals surface area contributed by atoms with Crippen LogP contribution in [0.2, 0.25) is 0 Å². The zero-order chi connectivity index (χ0) is 17.9. The van der Waals surface area contributed by atoms with Crippen molar-refractivity contribution in [2.24, 2.45) is 0 Å². The SMILES string of the molecule is O=C(NNC(=O)[C@@H]1CCCO1)c1ccc2noc(-c3ccccc3)c2c1. The lowest BCUT2D eigenvalue weighted by molar-refractivity contribution is -0.130. The van der Waals surface area contributed by atoms with Crippen molar-refractivity contribution in [3.63, 3.8) is 0 Å². The molecule has 7 heteroatoms. The van der Waals surface area contributed by atoms with Crippen LogP contribution < -0.4 is 10.9 Å². The molecule has 26 heavy (non-hydrogen) atoms. The lowest BCUT2D eigenvalue weighted by Crippen LogP contribution is -2.46. The first-order valence-corrected chi connectivity index (χ1v) is 8.39. The van der Waals surface area contributed by atoms with Crippen molar-refractivity contribution in [3.05, 3.63) is 54.1 Å². The van der Waals surface area contributed by atoms with E-state index in [0.29, 0.717) is 29.9 Å². The molecule has 0 bridgehead atoms. The second-order valence-electron chi connectivity index (χ2n) is 6.05. The molecule has 0 spiro atoms. The number of benzene rings is 2. The topological polar surface area (TPSA) is 93.5 Å². The van der Waals surface area contributed by atoms with E-state index in [9.17, 15) is 9.59 Å². The third-order valence-electron chi connectivity index (χ3n) is 4.30. The van der Waals surface area contributed by atoms with E-state index in [1.54, 1.807) is 18.2 Å². The molecule has 0 unspecified atom stereocenters. The Morgan fingerprint density at radius 2 is 1.92 bits per heavy atom. The summed E-state index contributed by atoms with van der Waals surface area (Å²) < 4.78 is 10.7. The number of aromatic nitrogens is 1. The van der Waals surface area contributed by atoms with Gasteiger partial charge in [-0.3, -0.25) is 20.4 Å². The molecule has 1 aliphatic rings. The normalized spacial score (nSPS) is 16.5. The summed E-state index contributed by atoms with van der Waals surface area (Å²) >= 11 is 0. The average molecular weight is 351 g/mol. The number of carbonyl (C=O) groups excluding carboxylic acids is 2. The van der Waals surface area contributed by atoms with Gasteiger partial charge in [-0.25, -0.2) is 0 Å². The van der Waals surface area contributed by atoms with Gasteiger partial charge in [-0.15, -0.1) is 0 Å². The number of nitrogens with one attached hydrogen (secondary N) is 2. The van der Waals surface area contributed by atoms with E-state index < -0.39 is 12.0 Å². The van der Waals surface area contributed by atoms with Gasteiger partial charge >= 0.3 is 0 Å². The summed E-state index contributed by atoms with van der Waals surface area (Å²) in [5.74, 6) is -0.163. The molecule has 132 valence electrons. The number of nitrogens with zero attached hydrogens (tertiary/aromatic N) is 1. The molecular formula is C19H17N3O4. The summed E-state index contributed by atoms with van der Waals surface area (Å²) in [4.78, 5) is 24.3. The van der Waals surface area contributed by atoms with E-state index in [4.69, 9.17) is 9.26 Å². The summed E-state index contributed by atoms with van der Waals surface area (Å²) in [6.45, 7) is 0.568. The molecule has 1 fully saturated rings. The fourth-order valence-electron chi connectivity index (χ4n) is 2.94. The highest BCUT2D eigenvalue weighted by atomic mass is 16.5. The van der Waals surface area contributed by atoms with Gasteiger partial charge in [0.25, 0.3) is 11.8 Å². The van der Waals surface area contributed by atoms with Crippen molar-refractivity contribution in [2.45, 2.75) is 18.9 Å². The summed E-state index contributed by atoms with van der Waals surface area (Å²) in [5, 5.41) is 4.76. The van der Waals surface area contributed by atoms with Crippen molar-refractivity contribution in [3.8, 4) is 11.3 Å². The molecule has 3 aromatic rings. The molecule has 7 nitrogen and oxygen atoms in total. The van der Waals surface area contributed by atoms with E-state index in [2.05, 4.69) is 16.0 Å². The van der Waals surface area contributed by atoms with Crippen LogP contribution in [0.4, 0.5) is 0 Å². The second kappa shape index (κ2) is 6.97. The minimum Gasteiger partial charge on any atom is -0.368 e. The molecule has 4 rings (SSSR count). The molecule has 1 saturated heterocycles. The van der Waals surface area contributed by atoms with Gasteiger partial charge in [-0.2, -0.15) is 0 Å². The number of fused-ring (bicyclic) bond motifs is 1. The summed E-state index contributed by atoms with van der Waals surface area (Å²) in [6, 6.07) is 14.6. The number of hydrogen-bond donors (Lipinski definition) is 2. The van der Waals surface area contributed by atoms with E-state index in [0.717, 1.165) is 17.4 Å². The zero-order valence-electron chi connectivity index (χ0n) is 13.9. The first kappa shape index (κ1) is 16.3. The minimum atomic E-state index is -0.500. The molecule has 2 N–H and O–H groups in total. The van der Waals surface area contributed by atoms with E-state index in [1.807, 2.05) is 30.3 Å². The molecule has 1 aromatic heterocycles. The third kappa shape index (κ3) is 3.16. The van der Waals surface area contributed by atoms with Crippen LogP contribution in [0.25, 0.3) is 22.2 Å². The Bertz CT molecular complexity index is 946. The first-order valence-electron chi connectivity index (χ1n) is 8.39. The van der Waals surface area contributed by atoms with Crippen molar-refractivity contribution < 1.29 is 18.8 Å². The highest BCUT2D eigenvalue weighted by molar-refractivity contribution is 6.01. The van der Waals surface area contributed by atoms with Crippen molar-refractivity contribution in [1.29, 1.82) is 0 Å². The predicted molar refractivity (Wildman–Crippen MR) is 94.0 cm³/mol. The highest BCUT2D eigenvalue weighted by Crippen LogP contribution is 2.29.